The summed E-state index contributed by atoms with van der Waals surface area (Å²) in [6.45, 7) is 4.79. The van der Waals surface area contributed by atoms with Crippen molar-refractivity contribution in [3.8, 4) is 6.07 Å². The van der Waals surface area contributed by atoms with Gasteiger partial charge >= 0.3 is 12.0 Å². The Bertz CT molecular complexity index is 574. The lowest BCUT2D eigenvalue weighted by molar-refractivity contribution is -0.146. The van der Waals surface area contributed by atoms with E-state index in [1.54, 1.807) is 25.1 Å². The first kappa shape index (κ1) is 15.5. The van der Waals surface area contributed by atoms with E-state index in [0.29, 0.717) is 11.3 Å². The third-order valence-corrected chi connectivity index (χ3v) is 2.90. The molecule has 0 unspecified atom stereocenters. The van der Waals surface area contributed by atoms with Crippen molar-refractivity contribution in [1.82, 2.24) is 5.32 Å². The number of aryl methyl sites for hydroxylation is 1. The molecular weight excluding hydrogens is 258 g/mol. The standard InChI is InChI=1S/C14H17N3O3/c1-9-5-4-6-11(10(9)7-15)17-13(20)16-8-14(2,3)12(18)19/h4-6H,8H2,1-3H3,(H,18,19)(H2,16,17,20). The molecule has 0 radical (unpaired) electrons. The Morgan fingerprint density at radius 1 is 1.40 bits per heavy atom. The predicted molar refractivity (Wildman–Crippen MR) is 74.3 cm³/mol. The molecule has 0 aromatic heterocycles. The number of carbonyl (C=O) groups is 2. The number of aliphatic carboxylic acids is 1. The number of carboxylic acids is 1. The van der Waals surface area contributed by atoms with Crippen LogP contribution in [0.5, 0.6) is 0 Å². The van der Waals surface area contributed by atoms with E-state index in [2.05, 4.69) is 10.6 Å². The van der Waals surface area contributed by atoms with Gasteiger partial charge in [0.1, 0.15) is 6.07 Å². The van der Waals surface area contributed by atoms with Crippen molar-refractivity contribution >= 4 is 17.7 Å². The highest BCUT2D eigenvalue weighted by Crippen LogP contribution is 2.18. The molecule has 6 nitrogen and oxygen atoms in total. The van der Waals surface area contributed by atoms with E-state index in [9.17, 15) is 9.59 Å². The molecule has 1 aromatic carbocycles. The van der Waals surface area contributed by atoms with Crippen LogP contribution in [0.25, 0.3) is 0 Å². The third-order valence-electron chi connectivity index (χ3n) is 2.90. The van der Waals surface area contributed by atoms with E-state index in [4.69, 9.17) is 10.4 Å². The first-order valence-corrected chi connectivity index (χ1v) is 6.06. The summed E-state index contributed by atoms with van der Waals surface area (Å²) in [7, 11) is 0. The molecule has 0 heterocycles. The fourth-order valence-electron chi connectivity index (χ4n) is 1.46. The van der Waals surface area contributed by atoms with Gasteiger partial charge in [0.2, 0.25) is 0 Å². The molecule has 0 saturated carbocycles. The Morgan fingerprint density at radius 3 is 2.60 bits per heavy atom. The number of carbonyl (C=O) groups excluding carboxylic acids is 1. The summed E-state index contributed by atoms with van der Waals surface area (Å²) in [5.41, 5.74) is 0.497. The van der Waals surface area contributed by atoms with Gasteiger partial charge in [-0.25, -0.2) is 4.79 Å². The van der Waals surface area contributed by atoms with Crippen LogP contribution in [0.2, 0.25) is 0 Å². The second-order valence-corrected chi connectivity index (χ2v) is 5.11. The summed E-state index contributed by atoms with van der Waals surface area (Å²) < 4.78 is 0. The molecule has 0 spiro atoms. The van der Waals surface area contributed by atoms with Gasteiger partial charge in [0.25, 0.3) is 0 Å². The number of amides is 2. The van der Waals surface area contributed by atoms with E-state index in [1.807, 2.05) is 6.07 Å². The lowest BCUT2D eigenvalue weighted by Gasteiger charge is -2.19. The van der Waals surface area contributed by atoms with Gasteiger partial charge in [0, 0.05) is 6.54 Å². The van der Waals surface area contributed by atoms with Gasteiger partial charge in [0.15, 0.2) is 0 Å². The maximum absolute atomic E-state index is 11.7. The smallest absolute Gasteiger partial charge is 0.319 e. The minimum atomic E-state index is -1.05. The van der Waals surface area contributed by atoms with Crippen molar-refractivity contribution < 1.29 is 14.7 Å². The molecule has 106 valence electrons. The van der Waals surface area contributed by atoms with Gasteiger partial charge in [-0.05, 0) is 32.4 Å². The summed E-state index contributed by atoms with van der Waals surface area (Å²) in [6.07, 6.45) is 0. The Hall–Kier alpha value is -2.55. The molecule has 0 atom stereocenters. The van der Waals surface area contributed by atoms with Gasteiger partial charge in [-0.2, -0.15) is 5.26 Å². The maximum atomic E-state index is 11.7. The quantitative estimate of drug-likeness (QED) is 0.783. The zero-order valence-corrected chi connectivity index (χ0v) is 11.7. The maximum Gasteiger partial charge on any atom is 0.319 e. The fourth-order valence-corrected chi connectivity index (χ4v) is 1.46. The van der Waals surface area contributed by atoms with Crippen molar-refractivity contribution in [1.29, 1.82) is 5.26 Å². The first-order chi connectivity index (χ1) is 9.27. The predicted octanol–water partition coefficient (Wildman–Crippen LogP) is 2.10. The highest BCUT2D eigenvalue weighted by atomic mass is 16.4. The van der Waals surface area contributed by atoms with Crippen LogP contribution in [0.1, 0.15) is 25.0 Å². The number of anilines is 1. The summed E-state index contributed by atoms with van der Waals surface area (Å²) in [5.74, 6) is -0.994. The second kappa shape index (κ2) is 6.06. The van der Waals surface area contributed by atoms with Crippen LogP contribution in [-0.2, 0) is 4.79 Å². The molecule has 0 fully saturated rings. The van der Waals surface area contributed by atoms with E-state index < -0.39 is 17.4 Å². The highest BCUT2D eigenvalue weighted by molar-refractivity contribution is 5.91. The average molecular weight is 275 g/mol. The Balaban J connectivity index is 2.72. The normalized spacial score (nSPS) is 10.5. The molecule has 6 heteroatoms. The Kier molecular flexibility index (Phi) is 4.70. The highest BCUT2D eigenvalue weighted by Gasteiger charge is 2.27. The monoisotopic (exact) mass is 275 g/mol. The third kappa shape index (κ3) is 3.72. The molecular formula is C14H17N3O3. The SMILES string of the molecule is Cc1cccc(NC(=O)NCC(C)(C)C(=O)O)c1C#N. The number of nitriles is 1. The number of nitrogens with one attached hydrogen (secondary N) is 2. The summed E-state index contributed by atoms with van der Waals surface area (Å²) in [4.78, 5) is 22.7. The van der Waals surface area contributed by atoms with E-state index in [1.165, 1.54) is 13.8 Å². The number of hydrogen-bond acceptors (Lipinski definition) is 3. The van der Waals surface area contributed by atoms with Gasteiger partial charge < -0.3 is 15.7 Å². The molecule has 3 N–H and O–H groups in total. The largest absolute Gasteiger partial charge is 0.481 e. The molecule has 0 saturated heterocycles. The van der Waals surface area contributed by atoms with Crippen molar-refractivity contribution in [2.75, 3.05) is 11.9 Å². The molecule has 0 bridgehead atoms. The van der Waals surface area contributed by atoms with Crippen LogP contribution < -0.4 is 10.6 Å². The number of nitrogens with zero attached hydrogens (tertiary/aromatic N) is 1. The van der Waals surface area contributed by atoms with Gasteiger partial charge in [-0.15, -0.1) is 0 Å². The molecule has 0 aliphatic heterocycles. The topological polar surface area (TPSA) is 102 Å². The summed E-state index contributed by atoms with van der Waals surface area (Å²) in [6, 6.07) is 6.60. The summed E-state index contributed by atoms with van der Waals surface area (Å²) in [5, 5.41) is 23.0. The number of hydrogen-bond donors (Lipinski definition) is 3. The molecule has 0 aliphatic rings. The van der Waals surface area contributed by atoms with Gasteiger partial charge in [-0.3, -0.25) is 4.79 Å². The molecule has 1 rings (SSSR count). The van der Waals surface area contributed by atoms with Crippen molar-refractivity contribution in [2.24, 2.45) is 5.41 Å². The van der Waals surface area contributed by atoms with Crippen LogP contribution >= 0.6 is 0 Å². The lowest BCUT2D eigenvalue weighted by atomic mass is 9.94. The first-order valence-electron chi connectivity index (χ1n) is 6.06. The average Bonchev–Trinajstić information content (AvgIpc) is 2.36. The van der Waals surface area contributed by atoms with Crippen molar-refractivity contribution in [2.45, 2.75) is 20.8 Å². The van der Waals surface area contributed by atoms with E-state index in [0.717, 1.165) is 5.56 Å². The van der Waals surface area contributed by atoms with Gasteiger partial charge in [-0.1, -0.05) is 12.1 Å². The van der Waals surface area contributed by atoms with Crippen LogP contribution in [0.15, 0.2) is 18.2 Å². The minimum absolute atomic E-state index is 0.0120. The van der Waals surface area contributed by atoms with Crippen LogP contribution in [0.4, 0.5) is 10.5 Å². The number of urea groups is 1. The molecule has 0 aliphatic carbocycles. The number of carboxylic acid groups (broad SMARTS) is 1. The Morgan fingerprint density at radius 2 is 2.05 bits per heavy atom. The fraction of sp³-hybridized carbons (Fsp3) is 0.357. The van der Waals surface area contributed by atoms with E-state index >= 15 is 0 Å². The van der Waals surface area contributed by atoms with Crippen LogP contribution in [0.3, 0.4) is 0 Å². The van der Waals surface area contributed by atoms with Crippen molar-refractivity contribution in [3.63, 3.8) is 0 Å². The number of rotatable bonds is 4. The molecule has 2 amide bonds. The molecule has 1 aromatic rings. The van der Waals surface area contributed by atoms with E-state index in [-0.39, 0.29) is 6.54 Å². The zero-order chi connectivity index (χ0) is 15.3. The lowest BCUT2D eigenvalue weighted by Crippen LogP contribution is -2.40. The zero-order valence-electron chi connectivity index (χ0n) is 11.7. The van der Waals surface area contributed by atoms with Crippen LogP contribution in [0, 0.1) is 23.7 Å². The van der Waals surface area contributed by atoms with Gasteiger partial charge in [0.05, 0.1) is 16.7 Å². The minimum Gasteiger partial charge on any atom is -0.481 e. The summed E-state index contributed by atoms with van der Waals surface area (Å²) >= 11 is 0. The van der Waals surface area contributed by atoms with Crippen LogP contribution in [-0.4, -0.2) is 23.7 Å². The number of benzene rings is 1. The molecule has 20 heavy (non-hydrogen) atoms. The second-order valence-electron chi connectivity index (χ2n) is 5.11. The van der Waals surface area contributed by atoms with Crippen molar-refractivity contribution in [3.05, 3.63) is 29.3 Å². The Labute approximate surface area is 117 Å².